The first-order chi connectivity index (χ1) is 8.24. The molecule has 0 amide bonds. The first kappa shape index (κ1) is 13.7. The molecule has 0 unspecified atom stereocenters. The van der Waals surface area contributed by atoms with Crippen molar-refractivity contribution in [2.24, 2.45) is 0 Å². The largest absolute Gasteiger partial charge is 0.478 e. The van der Waals surface area contributed by atoms with Gasteiger partial charge >= 0.3 is 5.97 Å². The third-order valence-corrected chi connectivity index (χ3v) is 2.85. The molecule has 0 radical (unpaired) electrons. The van der Waals surface area contributed by atoms with E-state index in [2.05, 4.69) is 11.9 Å². The molecule has 0 saturated carbocycles. The number of pyridine rings is 1. The van der Waals surface area contributed by atoms with Gasteiger partial charge in [-0.1, -0.05) is 39.0 Å². The van der Waals surface area contributed by atoms with Gasteiger partial charge in [-0.15, -0.1) is 0 Å². The zero-order chi connectivity index (χ0) is 12.5. The van der Waals surface area contributed by atoms with Crippen LogP contribution in [0.5, 0.6) is 0 Å². The SMILES string of the molecule is CCCCCCCCc1cc(C(=O)O)ccn1. The minimum Gasteiger partial charge on any atom is -0.478 e. The van der Waals surface area contributed by atoms with Gasteiger partial charge in [-0.05, 0) is 25.0 Å². The van der Waals surface area contributed by atoms with Crippen LogP contribution in [0, 0.1) is 0 Å². The van der Waals surface area contributed by atoms with E-state index in [1.165, 1.54) is 38.2 Å². The number of hydrogen-bond donors (Lipinski definition) is 1. The van der Waals surface area contributed by atoms with Crippen molar-refractivity contribution in [3.8, 4) is 0 Å². The van der Waals surface area contributed by atoms with Crippen LogP contribution in [0.4, 0.5) is 0 Å². The maximum Gasteiger partial charge on any atom is 0.335 e. The third kappa shape index (κ3) is 5.48. The van der Waals surface area contributed by atoms with E-state index in [0.29, 0.717) is 5.56 Å². The Bertz CT molecular complexity index is 350. The van der Waals surface area contributed by atoms with Crippen LogP contribution in [0.2, 0.25) is 0 Å². The van der Waals surface area contributed by atoms with Crippen molar-refractivity contribution >= 4 is 5.97 Å². The molecular weight excluding hydrogens is 214 g/mol. The molecule has 0 fully saturated rings. The highest BCUT2D eigenvalue weighted by Crippen LogP contribution is 2.09. The Labute approximate surface area is 103 Å². The lowest BCUT2D eigenvalue weighted by Gasteiger charge is -2.02. The number of hydrogen-bond acceptors (Lipinski definition) is 2. The summed E-state index contributed by atoms with van der Waals surface area (Å²) in [6, 6.07) is 3.21. The Morgan fingerprint density at radius 2 is 1.94 bits per heavy atom. The van der Waals surface area contributed by atoms with E-state index < -0.39 is 5.97 Å². The Kier molecular flexibility index (Phi) is 6.30. The molecule has 0 spiro atoms. The lowest BCUT2D eigenvalue weighted by atomic mass is 10.1. The van der Waals surface area contributed by atoms with Crippen LogP contribution in [0.15, 0.2) is 18.3 Å². The Morgan fingerprint density at radius 1 is 1.24 bits per heavy atom. The first-order valence-electron chi connectivity index (χ1n) is 6.42. The van der Waals surface area contributed by atoms with Gasteiger partial charge in [0.15, 0.2) is 0 Å². The maximum atomic E-state index is 10.8. The fourth-order valence-corrected chi connectivity index (χ4v) is 1.83. The molecule has 1 aromatic rings. The monoisotopic (exact) mass is 235 g/mol. The highest BCUT2D eigenvalue weighted by Gasteiger charge is 2.03. The molecule has 94 valence electrons. The number of aromatic carboxylic acids is 1. The van der Waals surface area contributed by atoms with E-state index in [1.807, 2.05) is 0 Å². The lowest BCUT2D eigenvalue weighted by molar-refractivity contribution is 0.0696. The summed E-state index contributed by atoms with van der Waals surface area (Å²) in [7, 11) is 0. The summed E-state index contributed by atoms with van der Waals surface area (Å²) in [4.78, 5) is 15.0. The average molecular weight is 235 g/mol. The third-order valence-electron chi connectivity index (χ3n) is 2.85. The van der Waals surface area contributed by atoms with Crippen molar-refractivity contribution in [2.75, 3.05) is 0 Å². The van der Waals surface area contributed by atoms with Gasteiger partial charge in [-0.3, -0.25) is 4.98 Å². The number of rotatable bonds is 8. The quantitative estimate of drug-likeness (QED) is 0.699. The van der Waals surface area contributed by atoms with E-state index >= 15 is 0 Å². The number of aromatic nitrogens is 1. The highest BCUT2D eigenvalue weighted by molar-refractivity contribution is 5.87. The number of carboxylic acids is 1. The van der Waals surface area contributed by atoms with Gasteiger partial charge < -0.3 is 5.11 Å². The molecule has 0 saturated heterocycles. The number of nitrogens with zero attached hydrogens (tertiary/aromatic N) is 1. The predicted octanol–water partition coefficient (Wildman–Crippen LogP) is 3.68. The van der Waals surface area contributed by atoms with Gasteiger partial charge in [-0.25, -0.2) is 4.79 Å². The Hall–Kier alpha value is -1.38. The van der Waals surface area contributed by atoms with Crippen molar-refractivity contribution in [2.45, 2.75) is 51.9 Å². The minimum atomic E-state index is -0.878. The van der Waals surface area contributed by atoms with Crippen molar-refractivity contribution < 1.29 is 9.90 Å². The Morgan fingerprint density at radius 3 is 2.65 bits per heavy atom. The van der Waals surface area contributed by atoms with Crippen molar-refractivity contribution in [3.63, 3.8) is 0 Å². The van der Waals surface area contributed by atoms with Gasteiger partial charge in [0, 0.05) is 11.9 Å². The molecule has 0 aromatic carbocycles. The van der Waals surface area contributed by atoms with Crippen LogP contribution in [0.3, 0.4) is 0 Å². The predicted molar refractivity (Wildman–Crippen MR) is 68.3 cm³/mol. The Balaban J connectivity index is 2.27. The zero-order valence-corrected chi connectivity index (χ0v) is 10.5. The molecule has 1 heterocycles. The van der Waals surface area contributed by atoms with Gasteiger partial charge in [0.25, 0.3) is 0 Å². The summed E-state index contributed by atoms with van der Waals surface area (Å²) in [5, 5.41) is 8.85. The summed E-state index contributed by atoms with van der Waals surface area (Å²) in [5.41, 5.74) is 1.22. The van der Waals surface area contributed by atoms with Gasteiger partial charge in [0.05, 0.1) is 5.56 Å². The van der Waals surface area contributed by atoms with E-state index in [0.717, 1.165) is 18.5 Å². The van der Waals surface area contributed by atoms with E-state index in [1.54, 1.807) is 12.3 Å². The second-order valence-corrected chi connectivity index (χ2v) is 4.36. The van der Waals surface area contributed by atoms with E-state index in [4.69, 9.17) is 5.11 Å². The molecule has 0 aliphatic carbocycles. The standard InChI is InChI=1S/C14H21NO2/c1-2-3-4-5-6-7-8-13-11-12(14(16)17)9-10-15-13/h9-11H,2-8H2,1H3,(H,16,17). The van der Waals surface area contributed by atoms with Crippen LogP contribution >= 0.6 is 0 Å². The summed E-state index contributed by atoms with van der Waals surface area (Å²) in [5.74, 6) is -0.878. The summed E-state index contributed by atoms with van der Waals surface area (Å²) < 4.78 is 0. The fraction of sp³-hybridized carbons (Fsp3) is 0.571. The first-order valence-corrected chi connectivity index (χ1v) is 6.42. The van der Waals surface area contributed by atoms with Crippen LogP contribution in [-0.4, -0.2) is 16.1 Å². The van der Waals surface area contributed by atoms with Crippen molar-refractivity contribution in [1.29, 1.82) is 0 Å². The van der Waals surface area contributed by atoms with Gasteiger partial charge in [0.2, 0.25) is 0 Å². The van der Waals surface area contributed by atoms with Crippen molar-refractivity contribution in [3.05, 3.63) is 29.6 Å². The summed E-state index contributed by atoms with van der Waals surface area (Å²) in [6.07, 6.45) is 9.92. The molecule has 3 nitrogen and oxygen atoms in total. The molecule has 0 atom stereocenters. The smallest absolute Gasteiger partial charge is 0.335 e. The topological polar surface area (TPSA) is 50.2 Å². The molecular formula is C14H21NO2. The second-order valence-electron chi connectivity index (χ2n) is 4.36. The molecule has 0 bridgehead atoms. The van der Waals surface area contributed by atoms with Crippen LogP contribution in [0.25, 0.3) is 0 Å². The average Bonchev–Trinajstić information content (AvgIpc) is 2.34. The normalized spacial score (nSPS) is 10.4. The molecule has 3 heteroatoms. The molecule has 17 heavy (non-hydrogen) atoms. The van der Waals surface area contributed by atoms with E-state index in [-0.39, 0.29) is 0 Å². The van der Waals surface area contributed by atoms with Crippen LogP contribution < -0.4 is 0 Å². The minimum absolute atomic E-state index is 0.334. The molecule has 0 aliphatic rings. The second kappa shape index (κ2) is 7.82. The van der Waals surface area contributed by atoms with Crippen molar-refractivity contribution in [1.82, 2.24) is 4.98 Å². The van der Waals surface area contributed by atoms with Gasteiger partial charge in [-0.2, -0.15) is 0 Å². The van der Waals surface area contributed by atoms with Gasteiger partial charge in [0.1, 0.15) is 0 Å². The fourth-order valence-electron chi connectivity index (χ4n) is 1.83. The molecule has 1 N–H and O–H groups in total. The van der Waals surface area contributed by atoms with E-state index in [9.17, 15) is 4.79 Å². The van der Waals surface area contributed by atoms with Crippen LogP contribution in [-0.2, 0) is 6.42 Å². The van der Waals surface area contributed by atoms with Crippen LogP contribution in [0.1, 0.15) is 61.5 Å². The summed E-state index contributed by atoms with van der Waals surface area (Å²) >= 11 is 0. The lowest BCUT2D eigenvalue weighted by Crippen LogP contribution is -1.99. The number of carboxylic acid groups (broad SMARTS) is 1. The molecule has 0 aliphatic heterocycles. The summed E-state index contributed by atoms with van der Waals surface area (Å²) in [6.45, 7) is 2.21. The number of unbranched alkanes of at least 4 members (excludes halogenated alkanes) is 5. The highest BCUT2D eigenvalue weighted by atomic mass is 16.4. The number of aryl methyl sites for hydroxylation is 1. The maximum absolute atomic E-state index is 10.8. The number of carbonyl (C=O) groups is 1. The zero-order valence-electron chi connectivity index (χ0n) is 10.5. The molecule has 1 rings (SSSR count). The molecule has 1 aromatic heterocycles.